The molecule has 0 aliphatic heterocycles. The molecular formula is C15H24BrN. The Balaban J connectivity index is 2.61. The van der Waals surface area contributed by atoms with Gasteiger partial charge in [-0.3, -0.25) is 0 Å². The van der Waals surface area contributed by atoms with Gasteiger partial charge in [0.2, 0.25) is 0 Å². The van der Waals surface area contributed by atoms with E-state index in [1.807, 2.05) is 0 Å². The van der Waals surface area contributed by atoms with Gasteiger partial charge in [0.05, 0.1) is 0 Å². The van der Waals surface area contributed by atoms with Gasteiger partial charge in [0, 0.05) is 16.2 Å². The van der Waals surface area contributed by atoms with Crippen molar-refractivity contribution in [2.24, 2.45) is 5.92 Å². The summed E-state index contributed by atoms with van der Waals surface area (Å²) in [5.41, 5.74) is 2.67. The van der Waals surface area contributed by atoms with Crippen LogP contribution in [0, 0.1) is 5.92 Å². The van der Waals surface area contributed by atoms with Gasteiger partial charge in [-0.2, -0.15) is 0 Å². The first kappa shape index (κ1) is 14.6. The van der Waals surface area contributed by atoms with Gasteiger partial charge >= 0.3 is 0 Å². The predicted molar refractivity (Wildman–Crippen MR) is 80.7 cm³/mol. The molecule has 0 heterocycles. The summed E-state index contributed by atoms with van der Waals surface area (Å²) < 4.78 is 1.16. The number of nitrogens with one attached hydrogen (secondary N) is 1. The van der Waals surface area contributed by atoms with E-state index in [0.29, 0.717) is 6.04 Å². The second kappa shape index (κ2) is 7.05. The minimum atomic E-state index is 0.545. The Morgan fingerprint density at radius 3 is 2.47 bits per heavy atom. The van der Waals surface area contributed by atoms with E-state index < -0.39 is 0 Å². The Labute approximate surface area is 114 Å². The van der Waals surface area contributed by atoms with E-state index in [-0.39, 0.29) is 0 Å². The summed E-state index contributed by atoms with van der Waals surface area (Å²) >= 11 is 3.53. The molecule has 0 amide bonds. The molecule has 0 spiro atoms. The van der Waals surface area contributed by atoms with Crippen molar-refractivity contribution in [2.75, 3.05) is 5.32 Å². The molecule has 1 rings (SSSR count). The average Bonchev–Trinajstić information content (AvgIpc) is 2.28. The second-order valence-electron chi connectivity index (χ2n) is 5.17. The number of aryl methyl sites for hydroxylation is 1. The topological polar surface area (TPSA) is 12.0 Å². The van der Waals surface area contributed by atoms with Gasteiger partial charge in [0.1, 0.15) is 0 Å². The largest absolute Gasteiger partial charge is 0.382 e. The molecule has 1 N–H and O–H groups in total. The maximum atomic E-state index is 3.62. The van der Waals surface area contributed by atoms with Crippen molar-refractivity contribution in [3.8, 4) is 0 Å². The third kappa shape index (κ3) is 5.12. The molecule has 0 bridgehead atoms. The fourth-order valence-corrected chi connectivity index (χ4v) is 2.33. The highest BCUT2D eigenvalue weighted by atomic mass is 79.9. The second-order valence-corrected chi connectivity index (χ2v) is 6.09. The van der Waals surface area contributed by atoms with Gasteiger partial charge in [0.25, 0.3) is 0 Å². The molecule has 96 valence electrons. The molecule has 1 aromatic rings. The normalized spacial score (nSPS) is 12.8. The summed E-state index contributed by atoms with van der Waals surface area (Å²) in [7, 11) is 0. The lowest BCUT2D eigenvalue weighted by Crippen LogP contribution is -2.16. The summed E-state index contributed by atoms with van der Waals surface area (Å²) in [6.07, 6.45) is 3.59. The smallest absolute Gasteiger partial charge is 0.0375 e. The van der Waals surface area contributed by atoms with E-state index >= 15 is 0 Å². The Hall–Kier alpha value is -0.500. The SMILES string of the molecule is CCc1cc(Br)ccc1NC(C)CCC(C)C. The van der Waals surface area contributed by atoms with Gasteiger partial charge < -0.3 is 5.32 Å². The van der Waals surface area contributed by atoms with Crippen LogP contribution in [0.2, 0.25) is 0 Å². The number of hydrogen-bond donors (Lipinski definition) is 1. The van der Waals surface area contributed by atoms with E-state index in [2.05, 4.69) is 67.1 Å². The number of anilines is 1. The highest BCUT2D eigenvalue weighted by Gasteiger charge is 2.06. The maximum Gasteiger partial charge on any atom is 0.0375 e. The number of halogens is 1. The molecule has 0 saturated carbocycles. The van der Waals surface area contributed by atoms with Crippen molar-refractivity contribution in [1.29, 1.82) is 0 Å². The molecule has 0 aliphatic rings. The molecule has 2 heteroatoms. The zero-order valence-corrected chi connectivity index (χ0v) is 13.0. The van der Waals surface area contributed by atoms with Crippen LogP contribution in [0.4, 0.5) is 5.69 Å². The van der Waals surface area contributed by atoms with E-state index in [1.54, 1.807) is 0 Å². The fourth-order valence-electron chi connectivity index (χ4n) is 1.92. The first-order valence-corrected chi connectivity index (χ1v) is 7.37. The van der Waals surface area contributed by atoms with Crippen molar-refractivity contribution in [3.05, 3.63) is 28.2 Å². The number of hydrogen-bond acceptors (Lipinski definition) is 1. The molecule has 1 nitrogen and oxygen atoms in total. The zero-order valence-electron chi connectivity index (χ0n) is 11.4. The monoisotopic (exact) mass is 297 g/mol. The number of benzene rings is 1. The Kier molecular flexibility index (Phi) is 6.04. The molecule has 0 aliphatic carbocycles. The lowest BCUT2D eigenvalue weighted by atomic mass is 10.0. The summed E-state index contributed by atoms with van der Waals surface area (Å²) in [6.45, 7) is 9.03. The zero-order chi connectivity index (χ0) is 12.8. The van der Waals surface area contributed by atoms with Crippen molar-refractivity contribution < 1.29 is 0 Å². The van der Waals surface area contributed by atoms with Crippen molar-refractivity contribution in [2.45, 2.75) is 53.0 Å². The highest BCUT2D eigenvalue weighted by Crippen LogP contribution is 2.23. The summed E-state index contributed by atoms with van der Waals surface area (Å²) in [6, 6.07) is 7.03. The average molecular weight is 298 g/mol. The van der Waals surface area contributed by atoms with Gasteiger partial charge in [-0.15, -0.1) is 0 Å². The minimum Gasteiger partial charge on any atom is -0.382 e. The maximum absolute atomic E-state index is 3.62. The van der Waals surface area contributed by atoms with Crippen LogP contribution < -0.4 is 5.32 Å². The van der Waals surface area contributed by atoms with Crippen LogP contribution in [0.5, 0.6) is 0 Å². The molecule has 1 unspecified atom stereocenters. The first-order valence-electron chi connectivity index (χ1n) is 6.57. The highest BCUT2D eigenvalue weighted by molar-refractivity contribution is 9.10. The van der Waals surface area contributed by atoms with Crippen LogP contribution in [0.3, 0.4) is 0 Å². The van der Waals surface area contributed by atoms with Crippen molar-refractivity contribution >= 4 is 21.6 Å². The van der Waals surface area contributed by atoms with E-state index in [1.165, 1.54) is 24.1 Å². The Morgan fingerprint density at radius 2 is 1.88 bits per heavy atom. The molecule has 1 aromatic carbocycles. The lowest BCUT2D eigenvalue weighted by Gasteiger charge is -2.19. The van der Waals surface area contributed by atoms with Crippen LogP contribution in [-0.2, 0) is 6.42 Å². The summed E-state index contributed by atoms with van der Waals surface area (Å²) in [5, 5.41) is 3.62. The summed E-state index contributed by atoms with van der Waals surface area (Å²) in [5.74, 6) is 0.787. The van der Waals surface area contributed by atoms with Gasteiger partial charge in [-0.05, 0) is 55.9 Å². The van der Waals surface area contributed by atoms with E-state index in [0.717, 1.165) is 16.8 Å². The molecule has 0 saturated heterocycles. The Morgan fingerprint density at radius 1 is 1.18 bits per heavy atom. The van der Waals surface area contributed by atoms with Crippen LogP contribution in [0.15, 0.2) is 22.7 Å². The fraction of sp³-hybridized carbons (Fsp3) is 0.600. The number of rotatable bonds is 6. The van der Waals surface area contributed by atoms with Crippen molar-refractivity contribution in [1.82, 2.24) is 0 Å². The molecule has 0 fully saturated rings. The molecule has 1 atom stereocenters. The van der Waals surface area contributed by atoms with Crippen LogP contribution in [-0.4, -0.2) is 6.04 Å². The van der Waals surface area contributed by atoms with E-state index in [4.69, 9.17) is 0 Å². The van der Waals surface area contributed by atoms with Crippen molar-refractivity contribution in [3.63, 3.8) is 0 Å². The summed E-state index contributed by atoms with van der Waals surface area (Å²) in [4.78, 5) is 0. The molecule has 17 heavy (non-hydrogen) atoms. The van der Waals surface area contributed by atoms with Crippen LogP contribution >= 0.6 is 15.9 Å². The Bertz CT molecular complexity index is 347. The third-order valence-corrected chi connectivity index (χ3v) is 3.52. The minimum absolute atomic E-state index is 0.545. The first-order chi connectivity index (χ1) is 8.02. The standard InChI is InChI=1S/C15H24BrN/c1-5-13-10-14(16)8-9-15(13)17-12(4)7-6-11(2)3/h8-12,17H,5-7H2,1-4H3. The lowest BCUT2D eigenvalue weighted by molar-refractivity contribution is 0.527. The quantitative estimate of drug-likeness (QED) is 0.756. The molecule has 0 radical (unpaired) electrons. The van der Waals surface area contributed by atoms with Gasteiger partial charge in [0.15, 0.2) is 0 Å². The van der Waals surface area contributed by atoms with Crippen LogP contribution in [0.25, 0.3) is 0 Å². The van der Waals surface area contributed by atoms with Crippen LogP contribution in [0.1, 0.15) is 46.1 Å². The van der Waals surface area contributed by atoms with Gasteiger partial charge in [-0.1, -0.05) is 36.7 Å². The predicted octanol–water partition coefficient (Wildman–Crippen LogP) is 5.25. The van der Waals surface area contributed by atoms with Gasteiger partial charge in [-0.25, -0.2) is 0 Å². The van der Waals surface area contributed by atoms with E-state index in [9.17, 15) is 0 Å². The molecule has 0 aromatic heterocycles. The molecular weight excluding hydrogens is 274 g/mol. The third-order valence-electron chi connectivity index (χ3n) is 3.03.